The summed E-state index contributed by atoms with van der Waals surface area (Å²) in [7, 11) is 0. The Balaban J connectivity index is 2.57. The minimum absolute atomic E-state index is 0.179. The van der Waals surface area contributed by atoms with Crippen LogP contribution in [0.5, 0.6) is 0 Å². The van der Waals surface area contributed by atoms with Crippen molar-refractivity contribution in [3.05, 3.63) is 24.3 Å². The van der Waals surface area contributed by atoms with Crippen molar-refractivity contribution in [2.45, 2.75) is 32.9 Å². The van der Waals surface area contributed by atoms with Crippen LogP contribution in [0.25, 0.3) is 0 Å². The van der Waals surface area contributed by atoms with Crippen LogP contribution in [-0.4, -0.2) is 29.2 Å². The van der Waals surface area contributed by atoms with E-state index in [1.54, 1.807) is 0 Å². The fraction of sp³-hybridized carbons (Fsp3) is 0.636. The van der Waals surface area contributed by atoms with Gasteiger partial charge in [0.2, 0.25) is 0 Å². The Morgan fingerprint density at radius 3 is 2.53 bits per heavy atom. The molecular formula is C11H19N3O. The molecule has 1 N–H and O–H groups in total. The summed E-state index contributed by atoms with van der Waals surface area (Å²) in [4.78, 5) is 8.02. The van der Waals surface area contributed by atoms with Crippen molar-refractivity contribution >= 4 is 0 Å². The van der Waals surface area contributed by atoms with Crippen molar-refractivity contribution in [3.8, 4) is 0 Å². The molecule has 0 spiro atoms. The molecule has 0 amide bonds. The van der Waals surface area contributed by atoms with Gasteiger partial charge in [-0.25, -0.2) is 9.97 Å². The van der Waals surface area contributed by atoms with Crippen LogP contribution >= 0.6 is 0 Å². The van der Waals surface area contributed by atoms with Crippen LogP contribution in [-0.2, 0) is 4.74 Å². The monoisotopic (exact) mass is 209 g/mol. The van der Waals surface area contributed by atoms with E-state index in [1.807, 2.05) is 26.2 Å². The molecule has 0 aliphatic carbocycles. The molecule has 1 atom stereocenters. The topological polar surface area (TPSA) is 47.0 Å². The standard InChI is InChI=1S/C11H19N3O/c1-4-14-11(7-15-9(2)3)10-5-12-8-13-6-10/h5-6,8-9,11,14H,4,7H2,1-3H3. The van der Waals surface area contributed by atoms with Crippen molar-refractivity contribution in [1.82, 2.24) is 15.3 Å². The lowest BCUT2D eigenvalue weighted by molar-refractivity contribution is 0.0613. The summed E-state index contributed by atoms with van der Waals surface area (Å²) in [5.41, 5.74) is 1.07. The summed E-state index contributed by atoms with van der Waals surface area (Å²) in [5, 5.41) is 3.35. The fourth-order valence-electron chi connectivity index (χ4n) is 1.30. The summed E-state index contributed by atoms with van der Waals surface area (Å²) >= 11 is 0. The van der Waals surface area contributed by atoms with Gasteiger partial charge in [-0.3, -0.25) is 0 Å². The number of rotatable bonds is 6. The van der Waals surface area contributed by atoms with E-state index in [0.29, 0.717) is 6.61 Å². The first-order valence-electron chi connectivity index (χ1n) is 5.34. The molecule has 1 aromatic heterocycles. The maximum Gasteiger partial charge on any atom is 0.115 e. The molecule has 4 nitrogen and oxygen atoms in total. The van der Waals surface area contributed by atoms with Crippen molar-refractivity contribution in [2.24, 2.45) is 0 Å². The Morgan fingerprint density at radius 2 is 2.00 bits per heavy atom. The van der Waals surface area contributed by atoms with Gasteiger partial charge in [0.05, 0.1) is 18.8 Å². The highest BCUT2D eigenvalue weighted by atomic mass is 16.5. The highest BCUT2D eigenvalue weighted by molar-refractivity contribution is 5.09. The molecule has 1 unspecified atom stereocenters. The van der Waals surface area contributed by atoms with Gasteiger partial charge in [-0.05, 0) is 20.4 Å². The average molecular weight is 209 g/mol. The third-order valence-electron chi connectivity index (χ3n) is 2.03. The van der Waals surface area contributed by atoms with Crippen molar-refractivity contribution in [3.63, 3.8) is 0 Å². The van der Waals surface area contributed by atoms with Gasteiger partial charge >= 0.3 is 0 Å². The molecule has 0 aliphatic heterocycles. The van der Waals surface area contributed by atoms with E-state index in [2.05, 4.69) is 22.2 Å². The predicted octanol–water partition coefficient (Wildman–Crippen LogP) is 1.55. The van der Waals surface area contributed by atoms with Crippen LogP contribution in [0.2, 0.25) is 0 Å². The second-order valence-corrected chi connectivity index (χ2v) is 3.66. The Hall–Kier alpha value is -1.00. The smallest absolute Gasteiger partial charge is 0.115 e. The molecule has 0 fully saturated rings. The van der Waals surface area contributed by atoms with Crippen molar-refractivity contribution < 1.29 is 4.74 Å². The minimum atomic E-state index is 0.179. The third kappa shape index (κ3) is 4.36. The number of likely N-dealkylation sites (N-methyl/N-ethyl adjacent to an activating group) is 1. The lowest BCUT2D eigenvalue weighted by atomic mass is 10.1. The zero-order valence-corrected chi connectivity index (χ0v) is 9.60. The van der Waals surface area contributed by atoms with Crippen LogP contribution < -0.4 is 5.32 Å². The van der Waals surface area contributed by atoms with Crippen LogP contribution in [0, 0.1) is 0 Å². The van der Waals surface area contributed by atoms with Crippen molar-refractivity contribution in [1.29, 1.82) is 0 Å². The number of hydrogen-bond donors (Lipinski definition) is 1. The first-order valence-corrected chi connectivity index (χ1v) is 5.34. The summed E-state index contributed by atoms with van der Waals surface area (Å²) in [6, 6.07) is 0.179. The summed E-state index contributed by atoms with van der Waals surface area (Å²) < 4.78 is 5.59. The highest BCUT2D eigenvalue weighted by Crippen LogP contribution is 2.11. The third-order valence-corrected chi connectivity index (χ3v) is 2.03. The molecule has 0 aliphatic rings. The molecule has 0 bridgehead atoms. The summed E-state index contributed by atoms with van der Waals surface area (Å²) in [6.07, 6.45) is 5.43. The molecule has 0 aromatic carbocycles. The van der Waals surface area contributed by atoms with Crippen LogP contribution in [0.3, 0.4) is 0 Å². The number of ether oxygens (including phenoxy) is 1. The van der Waals surface area contributed by atoms with Crippen LogP contribution in [0.4, 0.5) is 0 Å². The largest absolute Gasteiger partial charge is 0.377 e. The zero-order valence-electron chi connectivity index (χ0n) is 9.60. The van der Waals surface area contributed by atoms with Gasteiger partial charge in [0.15, 0.2) is 0 Å². The van der Waals surface area contributed by atoms with Gasteiger partial charge in [-0.15, -0.1) is 0 Å². The molecule has 1 aromatic rings. The number of hydrogen-bond acceptors (Lipinski definition) is 4. The lowest BCUT2D eigenvalue weighted by Gasteiger charge is -2.19. The van der Waals surface area contributed by atoms with Gasteiger partial charge < -0.3 is 10.1 Å². The summed E-state index contributed by atoms with van der Waals surface area (Å²) in [6.45, 7) is 7.70. The van der Waals surface area contributed by atoms with E-state index in [4.69, 9.17) is 4.74 Å². The lowest BCUT2D eigenvalue weighted by Crippen LogP contribution is -2.26. The van der Waals surface area contributed by atoms with Gasteiger partial charge in [-0.2, -0.15) is 0 Å². The first kappa shape index (κ1) is 12.1. The molecular weight excluding hydrogens is 190 g/mol. The van der Waals surface area contributed by atoms with E-state index < -0.39 is 0 Å². The fourth-order valence-corrected chi connectivity index (χ4v) is 1.30. The SMILES string of the molecule is CCNC(COC(C)C)c1cncnc1. The Labute approximate surface area is 91.1 Å². The predicted molar refractivity (Wildman–Crippen MR) is 59.5 cm³/mol. The maximum atomic E-state index is 5.59. The second kappa shape index (κ2) is 6.48. The molecule has 15 heavy (non-hydrogen) atoms. The molecule has 0 radical (unpaired) electrons. The zero-order chi connectivity index (χ0) is 11.1. The van der Waals surface area contributed by atoms with E-state index in [9.17, 15) is 0 Å². The van der Waals surface area contributed by atoms with Crippen molar-refractivity contribution in [2.75, 3.05) is 13.2 Å². The number of nitrogens with one attached hydrogen (secondary N) is 1. The van der Waals surface area contributed by atoms with Gasteiger partial charge in [0.25, 0.3) is 0 Å². The first-order chi connectivity index (χ1) is 7.24. The van der Waals surface area contributed by atoms with Gasteiger partial charge in [0.1, 0.15) is 6.33 Å². The molecule has 84 valence electrons. The van der Waals surface area contributed by atoms with Crippen LogP contribution in [0.1, 0.15) is 32.4 Å². The van der Waals surface area contributed by atoms with E-state index in [1.165, 1.54) is 6.33 Å². The highest BCUT2D eigenvalue weighted by Gasteiger charge is 2.11. The number of aromatic nitrogens is 2. The summed E-state index contributed by atoms with van der Waals surface area (Å²) in [5.74, 6) is 0. The minimum Gasteiger partial charge on any atom is -0.377 e. The molecule has 4 heteroatoms. The van der Waals surface area contributed by atoms with Crippen LogP contribution in [0.15, 0.2) is 18.7 Å². The number of nitrogens with zero attached hydrogens (tertiary/aromatic N) is 2. The van der Waals surface area contributed by atoms with E-state index >= 15 is 0 Å². The van der Waals surface area contributed by atoms with E-state index in [0.717, 1.165) is 12.1 Å². The Bertz CT molecular complexity index is 264. The Kier molecular flexibility index (Phi) is 5.21. The molecule has 0 saturated carbocycles. The normalized spacial score (nSPS) is 13.1. The molecule has 1 heterocycles. The molecule has 0 saturated heterocycles. The van der Waals surface area contributed by atoms with E-state index in [-0.39, 0.29) is 12.1 Å². The van der Waals surface area contributed by atoms with Gasteiger partial charge in [0, 0.05) is 18.0 Å². The van der Waals surface area contributed by atoms with Gasteiger partial charge in [-0.1, -0.05) is 6.92 Å². The molecule has 1 rings (SSSR count). The second-order valence-electron chi connectivity index (χ2n) is 3.66. The quantitative estimate of drug-likeness (QED) is 0.772. The Morgan fingerprint density at radius 1 is 1.33 bits per heavy atom. The maximum absolute atomic E-state index is 5.59. The average Bonchev–Trinajstić information content (AvgIpc) is 2.25.